The second-order valence-corrected chi connectivity index (χ2v) is 5.12. The molecule has 0 spiro atoms. The highest BCUT2D eigenvalue weighted by atomic mass is 127. The van der Waals surface area contributed by atoms with Crippen LogP contribution in [0.4, 0.5) is 0 Å². The van der Waals surface area contributed by atoms with Crippen LogP contribution >= 0.6 is 24.0 Å². The average Bonchev–Trinajstić information content (AvgIpc) is 2.89. The Hall–Kier alpha value is -0.780. The summed E-state index contributed by atoms with van der Waals surface area (Å²) in [4.78, 5) is 4.47. The lowest BCUT2D eigenvalue weighted by molar-refractivity contribution is 0.723. The minimum atomic E-state index is 0. The predicted octanol–water partition coefficient (Wildman–Crippen LogP) is 2.52. The van der Waals surface area contributed by atoms with E-state index in [1.807, 2.05) is 0 Å². The number of nitrogens with one attached hydrogen (secondary N) is 2. The van der Waals surface area contributed by atoms with Gasteiger partial charge in [0.1, 0.15) is 0 Å². The summed E-state index contributed by atoms with van der Waals surface area (Å²) in [7, 11) is 0. The van der Waals surface area contributed by atoms with E-state index in [9.17, 15) is 0 Å². The van der Waals surface area contributed by atoms with Gasteiger partial charge >= 0.3 is 0 Å². The molecule has 0 aromatic heterocycles. The van der Waals surface area contributed by atoms with E-state index in [-0.39, 0.29) is 24.0 Å². The Bertz CT molecular complexity index is 472. The van der Waals surface area contributed by atoms with E-state index in [0.717, 1.165) is 25.0 Å². The molecule has 104 valence electrons. The first-order valence-corrected chi connectivity index (χ1v) is 6.97. The van der Waals surface area contributed by atoms with Crippen LogP contribution in [0.2, 0.25) is 0 Å². The van der Waals surface area contributed by atoms with Gasteiger partial charge in [0.25, 0.3) is 0 Å². The Morgan fingerprint density at radius 1 is 1.32 bits per heavy atom. The third-order valence-corrected chi connectivity index (χ3v) is 4.00. The highest BCUT2D eigenvalue weighted by Crippen LogP contribution is 2.56. The van der Waals surface area contributed by atoms with Gasteiger partial charge in [-0.15, -0.1) is 24.0 Å². The van der Waals surface area contributed by atoms with Gasteiger partial charge in [0, 0.05) is 25.0 Å². The SMILES string of the molecule is CCN=C(NCC)NC1C2Cc3ccccc3C21.I. The van der Waals surface area contributed by atoms with Gasteiger partial charge in [-0.2, -0.15) is 0 Å². The van der Waals surface area contributed by atoms with Crippen molar-refractivity contribution >= 4 is 29.9 Å². The summed E-state index contributed by atoms with van der Waals surface area (Å²) in [6.07, 6.45) is 1.23. The molecular weight excluding hydrogens is 349 g/mol. The van der Waals surface area contributed by atoms with E-state index in [1.165, 1.54) is 6.42 Å². The molecule has 1 fully saturated rings. The molecule has 3 atom stereocenters. The molecular formula is C15H22IN3. The van der Waals surface area contributed by atoms with E-state index in [0.29, 0.717) is 12.0 Å². The maximum atomic E-state index is 4.47. The summed E-state index contributed by atoms with van der Waals surface area (Å²) >= 11 is 0. The molecule has 2 aliphatic carbocycles. The second kappa shape index (κ2) is 6.11. The summed E-state index contributed by atoms with van der Waals surface area (Å²) in [5.41, 5.74) is 3.09. The Balaban J connectivity index is 0.00000133. The minimum absolute atomic E-state index is 0. The maximum Gasteiger partial charge on any atom is 0.191 e. The zero-order valence-electron chi connectivity index (χ0n) is 11.5. The monoisotopic (exact) mass is 371 g/mol. The first-order chi connectivity index (χ1) is 8.85. The number of benzene rings is 1. The Morgan fingerprint density at radius 3 is 2.84 bits per heavy atom. The topological polar surface area (TPSA) is 36.4 Å². The lowest BCUT2D eigenvalue weighted by atomic mass is 10.1. The van der Waals surface area contributed by atoms with Crippen molar-refractivity contribution in [3.05, 3.63) is 35.4 Å². The van der Waals surface area contributed by atoms with Gasteiger partial charge in [-0.05, 0) is 37.3 Å². The number of nitrogens with zero attached hydrogens (tertiary/aromatic N) is 1. The molecule has 0 saturated heterocycles. The third-order valence-electron chi connectivity index (χ3n) is 4.00. The fraction of sp³-hybridized carbons (Fsp3) is 0.533. The van der Waals surface area contributed by atoms with Crippen LogP contribution in [0.1, 0.15) is 30.9 Å². The number of rotatable bonds is 3. The zero-order chi connectivity index (χ0) is 12.5. The summed E-state index contributed by atoms with van der Waals surface area (Å²) in [6, 6.07) is 9.44. The molecule has 2 N–H and O–H groups in total. The van der Waals surface area contributed by atoms with Gasteiger partial charge in [0.2, 0.25) is 0 Å². The molecule has 2 aliphatic rings. The molecule has 3 rings (SSSR count). The second-order valence-electron chi connectivity index (χ2n) is 5.12. The van der Waals surface area contributed by atoms with Crippen LogP contribution in [0.3, 0.4) is 0 Å². The minimum Gasteiger partial charge on any atom is -0.357 e. The van der Waals surface area contributed by atoms with Crippen LogP contribution in [0.15, 0.2) is 29.3 Å². The van der Waals surface area contributed by atoms with Crippen LogP contribution < -0.4 is 10.6 Å². The van der Waals surface area contributed by atoms with Crippen molar-refractivity contribution < 1.29 is 0 Å². The van der Waals surface area contributed by atoms with Crippen molar-refractivity contribution in [2.75, 3.05) is 13.1 Å². The molecule has 0 radical (unpaired) electrons. The van der Waals surface area contributed by atoms with E-state index in [4.69, 9.17) is 0 Å². The lowest BCUT2D eigenvalue weighted by Crippen LogP contribution is -2.40. The number of aliphatic imine (C=N–C) groups is 1. The van der Waals surface area contributed by atoms with Crippen LogP contribution in [0, 0.1) is 5.92 Å². The number of hydrogen-bond donors (Lipinski definition) is 2. The molecule has 4 heteroatoms. The maximum absolute atomic E-state index is 4.47. The summed E-state index contributed by atoms with van der Waals surface area (Å²) in [5, 5.41) is 6.88. The van der Waals surface area contributed by atoms with Gasteiger partial charge in [0.05, 0.1) is 0 Å². The van der Waals surface area contributed by atoms with Crippen LogP contribution in [0.25, 0.3) is 0 Å². The Labute approximate surface area is 132 Å². The first-order valence-electron chi connectivity index (χ1n) is 6.97. The van der Waals surface area contributed by atoms with Crippen molar-refractivity contribution in [2.24, 2.45) is 10.9 Å². The molecule has 0 aliphatic heterocycles. The van der Waals surface area contributed by atoms with Gasteiger partial charge in [-0.3, -0.25) is 4.99 Å². The number of guanidine groups is 1. The largest absolute Gasteiger partial charge is 0.357 e. The summed E-state index contributed by atoms with van der Waals surface area (Å²) < 4.78 is 0. The molecule has 0 heterocycles. The molecule has 0 amide bonds. The average molecular weight is 371 g/mol. The fourth-order valence-electron chi connectivity index (χ4n) is 3.18. The van der Waals surface area contributed by atoms with Crippen molar-refractivity contribution in [1.82, 2.24) is 10.6 Å². The summed E-state index contributed by atoms with van der Waals surface area (Å²) in [6.45, 7) is 5.93. The van der Waals surface area contributed by atoms with Crippen LogP contribution in [-0.4, -0.2) is 25.1 Å². The van der Waals surface area contributed by atoms with E-state index < -0.39 is 0 Å². The zero-order valence-corrected chi connectivity index (χ0v) is 13.8. The predicted molar refractivity (Wildman–Crippen MR) is 90.4 cm³/mol. The lowest BCUT2D eigenvalue weighted by Gasteiger charge is -2.13. The van der Waals surface area contributed by atoms with E-state index in [2.05, 4.69) is 53.7 Å². The van der Waals surface area contributed by atoms with E-state index in [1.54, 1.807) is 11.1 Å². The Morgan fingerprint density at radius 2 is 2.11 bits per heavy atom. The van der Waals surface area contributed by atoms with Crippen molar-refractivity contribution in [2.45, 2.75) is 32.2 Å². The van der Waals surface area contributed by atoms with Crippen LogP contribution in [0.5, 0.6) is 0 Å². The van der Waals surface area contributed by atoms with Crippen LogP contribution in [-0.2, 0) is 6.42 Å². The normalized spacial score (nSPS) is 27.1. The van der Waals surface area contributed by atoms with E-state index >= 15 is 0 Å². The smallest absolute Gasteiger partial charge is 0.191 e. The quantitative estimate of drug-likeness (QED) is 0.487. The van der Waals surface area contributed by atoms with Crippen molar-refractivity contribution in [1.29, 1.82) is 0 Å². The number of halogens is 1. The highest BCUT2D eigenvalue weighted by Gasteiger charge is 2.55. The molecule has 3 nitrogen and oxygen atoms in total. The third kappa shape index (κ3) is 2.73. The first kappa shape index (κ1) is 14.6. The molecule has 1 aromatic rings. The highest BCUT2D eigenvalue weighted by molar-refractivity contribution is 14.0. The van der Waals surface area contributed by atoms with Gasteiger partial charge in [-0.1, -0.05) is 24.3 Å². The molecule has 1 aromatic carbocycles. The van der Waals surface area contributed by atoms with Gasteiger partial charge in [0.15, 0.2) is 5.96 Å². The summed E-state index contributed by atoms with van der Waals surface area (Å²) in [5.74, 6) is 2.46. The number of hydrogen-bond acceptors (Lipinski definition) is 1. The fourth-order valence-corrected chi connectivity index (χ4v) is 3.18. The van der Waals surface area contributed by atoms with Crippen molar-refractivity contribution in [3.63, 3.8) is 0 Å². The molecule has 1 saturated carbocycles. The standard InChI is InChI=1S/C15H21N3.HI/c1-3-16-15(17-4-2)18-14-12-9-10-7-5-6-8-11(10)13(12)14;/h5-8,12-14H,3-4,9H2,1-2H3,(H2,16,17,18);1H. The number of fused-ring (bicyclic) bond motifs is 3. The van der Waals surface area contributed by atoms with Gasteiger partial charge in [-0.25, -0.2) is 0 Å². The van der Waals surface area contributed by atoms with Crippen molar-refractivity contribution in [3.8, 4) is 0 Å². The molecule has 0 bridgehead atoms. The Kier molecular flexibility index (Phi) is 4.71. The molecule has 3 unspecified atom stereocenters. The molecule has 19 heavy (non-hydrogen) atoms. The van der Waals surface area contributed by atoms with Gasteiger partial charge < -0.3 is 10.6 Å².